The van der Waals surface area contributed by atoms with Gasteiger partial charge in [0, 0.05) is 30.1 Å². The lowest BCUT2D eigenvalue weighted by Crippen LogP contribution is -2.51. The van der Waals surface area contributed by atoms with Gasteiger partial charge in [-0.2, -0.15) is 0 Å². The van der Waals surface area contributed by atoms with Crippen LogP contribution in [0.5, 0.6) is 0 Å². The molecule has 1 N–H and O–H groups in total. The molecular formula is C12H14BrNO2. The third kappa shape index (κ3) is 2.13. The third-order valence-corrected chi connectivity index (χ3v) is 3.55. The van der Waals surface area contributed by atoms with Crippen molar-refractivity contribution in [2.75, 3.05) is 19.7 Å². The highest BCUT2D eigenvalue weighted by molar-refractivity contribution is 9.10. The number of nitrogens with zero attached hydrogens (tertiary/aromatic N) is 1. The fraction of sp³-hybridized carbons (Fsp3) is 0.417. The first kappa shape index (κ1) is 11.6. The highest BCUT2D eigenvalue weighted by atomic mass is 79.9. The molecule has 0 aromatic heterocycles. The van der Waals surface area contributed by atoms with E-state index in [-0.39, 0.29) is 18.4 Å². The van der Waals surface area contributed by atoms with Crippen LogP contribution in [0.3, 0.4) is 0 Å². The lowest BCUT2D eigenvalue weighted by molar-refractivity contribution is 0.0361. The molecule has 0 spiro atoms. The molecule has 1 amide bonds. The van der Waals surface area contributed by atoms with E-state index in [1.165, 1.54) is 0 Å². The second kappa shape index (κ2) is 4.55. The predicted octanol–water partition coefficient (Wildman–Crippen LogP) is 1.82. The van der Waals surface area contributed by atoms with Gasteiger partial charge in [0.2, 0.25) is 0 Å². The average Bonchev–Trinajstić information content (AvgIpc) is 2.20. The Kier molecular flexibility index (Phi) is 3.30. The van der Waals surface area contributed by atoms with Gasteiger partial charge >= 0.3 is 0 Å². The Bertz CT molecular complexity index is 413. The summed E-state index contributed by atoms with van der Waals surface area (Å²) in [6.45, 7) is 3.46. The summed E-state index contributed by atoms with van der Waals surface area (Å²) < 4.78 is 0.829. The number of rotatable bonds is 2. The van der Waals surface area contributed by atoms with E-state index in [2.05, 4.69) is 15.9 Å². The Morgan fingerprint density at radius 3 is 2.88 bits per heavy atom. The molecular weight excluding hydrogens is 270 g/mol. The van der Waals surface area contributed by atoms with Crippen molar-refractivity contribution in [3.05, 3.63) is 33.8 Å². The zero-order chi connectivity index (χ0) is 11.7. The van der Waals surface area contributed by atoms with Crippen LogP contribution in [-0.2, 0) is 0 Å². The molecule has 16 heavy (non-hydrogen) atoms. The summed E-state index contributed by atoms with van der Waals surface area (Å²) in [4.78, 5) is 13.8. The van der Waals surface area contributed by atoms with Crippen LogP contribution >= 0.6 is 15.9 Å². The molecule has 1 aliphatic rings. The summed E-state index contributed by atoms with van der Waals surface area (Å²) in [5.41, 5.74) is 1.78. The number of hydrogen-bond acceptors (Lipinski definition) is 2. The quantitative estimate of drug-likeness (QED) is 0.900. The monoisotopic (exact) mass is 283 g/mol. The van der Waals surface area contributed by atoms with Crippen molar-refractivity contribution in [3.8, 4) is 0 Å². The molecule has 2 rings (SSSR count). The van der Waals surface area contributed by atoms with Gasteiger partial charge in [-0.15, -0.1) is 0 Å². The second-order valence-electron chi connectivity index (χ2n) is 4.24. The molecule has 1 heterocycles. The first-order valence-electron chi connectivity index (χ1n) is 5.28. The van der Waals surface area contributed by atoms with Gasteiger partial charge in [0.1, 0.15) is 0 Å². The van der Waals surface area contributed by atoms with Crippen molar-refractivity contribution in [3.63, 3.8) is 0 Å². The van der Waals surface area contributed by atoms with Gasteiger partial charge in [-0.25, -0.2) is 0 Å². The fourth-order valence-electron chi connectivity index (χ4n) is 1.82. The predicted molar refractivity (Wildman–Crippen MR) is 65.4 cm³/mol. The maximum atomic E-state index is 12.1. The van der Waals surface area contributed by atoms with Crippen LogP contribution in [0.25, 0.3) is 0 Å². The van der Waals surface area contributed by atoms with Crippen molar-refractivity contribution < 1.29 is 9.90 Å². The van der Waals surface area contributed by atoms with Crippen molar-refractivity contribution in [1.82, 2.24) is 4.90 Å². The zero-order valence-corrected chi connectivity index (χ0v) is 10.7. The van der Waals surface area contributed by atoms with Crippen molar-refractivity contribution in [2.45, 2.75) is 6.92 Å². The maximum Gasteiger partial charge on any atom is 0.255 e. The molecule has 0 atom stereocenters. The van der Waals surface area contributed by atoms with Crippen molar-refractivity contribution in [2.24, 2.45) is 5.92 Å². The number of aryl methyl sites for hydroxylation is 1. The minimum absolute atomic E-state index is 0.0419. The van der Waals surface area contributed by atoms with Crippen LogP contribution in [0.15, 0.2) is 22.7 Å². The van der Waals surface area contributed by atoms with Crippen molar-refractivity contribution >= 4 is 21.8 Å². The highest BCUT2D eigenvalue weighted by Crippen LogP contribution is 2.24. The van der Waals surface area contributed by atoms with E-state index in [9.17, 15) is 4.79 Å². The normalized spacial score (nSPS) is 16.1. The summed E-state index contributed by atoms with van der Waals surface area (Å²) in [6.07, 6.45) is 0. The summed E-state index contributed by atoms with van der Waals surface area (Å²) in [5, 5.41) is 8.91. The van der Waals surface area contributed by atoms with E-state index in [1.54, 1.807) is 4.90 Å². The number of hydrogen-bond donors (Lipinski definition) is 1. The molecule has 3 nitrogen and oxygen atoms in total. The van der Waals surface area contributed by atoms with E-state index in [0.29, 0.717) is 18.7 Å². The van der Waals surface area contributed by atoms with Crippen LogP contribution in [0.4, 0.5) is 0 Å². The maximum absolute atomic E-state index is 12.1. The summed E-state index contributed by atoms with van der Waals surface area (Å²) in [6, 6.07) is 5.75. The standard InChI is InChI=1S/C12H14BrNO2/c1-8-2-3-11(13)10(4-8)12(16)14-5-9(6-14)7-15/h2-4,9,15H,5-7H2,1H3. The summed E-state index contributed by atoms with van der Waals surface area (Å²) in [7, 11) is 0. The molecule has 0 bridgehead atoms. The molecule has 4 heteroatoms. The van der Waals surface area contributed by atoms with Gasteiger partial charge in [0.25, 0.3) is 5.91 Å². The number of carbonyl (C=O) groups excluding carboxylic acids is 1. The van der Waals surface area contributed by atoms with Crippen LogP contribution < -0.4 is 0 Å². The third-order valence-electron chi connectivity index (χ3n) is 2.85. The van der Waals surface area contributed by atoms with Crippen molar-refractivity contribution in [1.29, 1.82) is 0 Å². The molecule has 0 saturated carbocycles. The summed E-state index contributed by atoms with van der Waals surface area (Å²) >= 11 is 3.39. The van der Waals surface area contributed by atoms with E-state index in [1.807, 2.05) is 25.1 Å². The van der Waals surface area contributed by atoms with Crippen LogP contribution in [0.2, 0.25) is 0 Å². The topological polar surface area (TPSA) is 40.5 Å². The minimum Gasteiger partial charge on any atom is -0.396 e. The van der Waals surface area contributed by atoms with Gasteiger partial charge < -0.3 is 10.0 Å². The molecule has 1 aromatic carbocycles. The Morgan fingerprint density at radius 2 is 2.25 bits per heavy atom. The first-order valence-corrected chi connectivity index (χ1v) is 6.07. The molecule has 0 radical (unpaired) electrons. The smallest absolute Gasteiger partial charge is 0.255 e. The number of aliphatic hydroxyl groups is 1. The fourth-order valence-corrected chi connectivity index (χ4v) is 2.24. The first-order chi connectivity index (χ1) is 7.61. The van der Waals surface area contributed by atoms with Gasteiger partial charge in [-0.1, -0.05) is 11.6 Å². The zero-order valence-electron chi connectivity index (χ0n) is 9.11. The Hall–Kier alpha value is -0.870. The Labute approximate surface area is 103 Å². The molecule has 1 aliphatic heterocycles. The van der Waals surface area contributed by atoms with E-state index in [0.717, 1.165) is 10.0 Å². The number of amides is 1. The van der Waals surface area contributed by atoms with Gasteiger partial charge in [-0.3, -0.25) is 4.79 Å². The largest absolute Gasteiger partial charge is 0.396 e. The number of halogens is 1. The average molecular weight is 284 g/mol. The lowest BCUT2D eigenvalue weighted by atomic mass is 9.99. The number of benzene rings is 1. The van der Waals surface area contributed by atoms with Crippen LogP contribution in [0.1, 0.15) is 15.9 Å². The van der Waals surface area contributed by atoms with Crippen LogP contribution in [-0.4, -0.2) is 35.6 Å². The van der Waals surface area contributed by atoms with E-state index < -0.39 is 0 Å². The molecule has 1 fully saturated rings. The lowest BCUT2D eigenvalue weighted by Gasteiger charge is -2.38. The van der Waals surface area contributed by atoms with Gasteiger partial charge in [0.15, 0.2) is 0 Å². The second-order valence-corrected chi connectivity index (χ2v) is 5.10. The molecule has 1 saturated heterocycles. The molecule has 86 valence electrons. The molecule has 0 aliphatic carbocycles. The highest BCUT2D eigenvalue weighted by Gasteiger charge is 2.31. The summed E-state index contributed by atoms with van der Waals surface area (Å²) in [5.74, 6) is 0.299. The Morgan fingerprint density at radius 1 is 1.56 bits per heavy atom. The van der Waals surface area contributed by atoms with E-state index >= 15 is 0 Å². The molecule has 1 aromatic rings. The number of aliphatic hydroxyl groups excluding tert-OH is 1. The van der Waals surface area contributed by atoms with Crippen LogP contribution in [0, 0.1) is 12.8 Å². The van der Waals surface area contributed by atoms with E-state index in [4.69, 9.17) is 5.11 Å². The van der Waals surface area contributed by atoms with Gasteiger partial charge in [0.05, 0.1) is 5.56 Å². The number of carbonyl (C=O) groups is 1. The minimum atomic E-state index is 0.0419. The molecule has 0 unspecified atom stereocenters. The SMILES string of the molecule is Cc1ccc(Br)c(C(=O)N2CC(CO)C2)c1. The number of likely N-dealkylation sites (tertiary alicyclic amines) is 1. The van der Waals surface area contributed by atoms with Gasteiger partial charge in [-0.05, 0) is 35.0 Å². The Balaban J connectivity index is 2.13.